The zero-order chi connectivity index (χ0) is 7.00. The van der Waals surface area contributed by atoms with Gasteiger partial charge in [-0.25, -0.2) is 0 Å². The van der Waals surface area contributed by atoms with Crippen LogP contribution in [0.15, 0.2) is 0 Å². The summed E-state index contributed by atoms with van der Waals surface area (Å²) in [6, 6.07) is 0. The molecule has 0 fully saturated rings. The molecule has 0 aromatic heterocycles. The predicted octanol–water partition coefficient (Wildman–Crippen LogP) is 1.17. The highest BCUT2D eigenvalue weighted by Crippen LogP contribution is 2.25. The van der Waals surface area contributed by atoms with Crippen molar-refractivity contribution < 1.29 is 5.11 Å². The van der Waals surface area contributed by atoms with E-state index in [1.807, 2.05) is 20.8 Å². The molecule has 0 aliphatic rings. The number of rotatable bonds is 0. The summed E-state index contributed by atoms with van der Waals surface area (Å²) in [6.07, 6.45) is 0. The van der Waals surface area contributed by atoms with E-state index in [0.29, 0.717) is 0 Å². The lowest BCUT2D eigenvalue weighted by atomic mass is 9.79. The van der Waals surface area contributed by atoms with E-state index in [-0.39, 0.29) is 5.41 Å². The van der Waals surface area contributed by atoms with Crippen molar-refractivity contribution in [1.82, 2.24) is 0 Å². The lowest BCUT2D eigenvalue weighted by molar-refractivity contribution is -0.491. The van der Waals surface area contributed by atoms with E-state index in [4.69, 9.17) is 0 Å². The highest BCUT2D eigenvalue weighted by molar-refractivity contribution is 4.79. The Morgan fingerprint density at radius 1 is 0.875 bits per heavy atom. The Kier molecular flexibility index (Phi) is 1.72. The third-order valence-corrected chi connectivity index (χ3v) is 1.81. The lowest BCUT2D eigenvalue weighted by Gasteiger charge is -2.45. The minimum Gasteiger partial charge on any atom is -0.849 e. The molecule has 0 saturated heterocycles. The predicted molar refractivity (Wildman–Crippen MR) is 33.5 cm³/mol. The van der Waals surface area contributed by atoms with E-state index < -0.39 is 5.60 Å². The van der Waals surface area contributed by atoms with Gasteiger partial charge in [0.05, 0.1) is 0 Å². The molecule has 0 heterocycles. The van der Waals surface area contributed by atoms with E-state index in [9.17, 15) is 5.11 Å². The van der Waals surface area contributed by atoms with Crippen LogP contribution in [0.3, 0.4) is 0 Å². The van der Waals surface area contributed by atoms with Crippen LogP contribution in [0.4, 0.5) is 0 Å². The fourth-order valence-corrected chi connectivity index (χ4v) is 0. The van der Waals surface area contributed by atoms with Crippen molar-refractivity contribution in [2.45, 2.75) is 40.2 Å². The van der Waals surface area contributed by atoms with Gasteiger partial charge in [-0.05, 0) is 5.41 Å². The molecule has 0 saturated carbocycles. The Hall–Kier alpha value is -0.0400. The second-order valence-corrected chi connectivity index (χ2v) is 3.76. The average Bonchev–Trinajstić information content (AvgIpc) is 1.25. The van der Waals surface area contributed by atoms with Gasteiger partial charge >= 0.3 is 0 Å². The SMILES string of the molecule is CC(C)(C)C(C)(C)[O-]. The molecule has 0 atom stereocenters. The first kappa shape index (κ1) is 7.96. The van der Waals surface area contributed by atoms with Crippen LogP contribution in [0.1, 0.15) is 34.6 Å². The Morgan fingerprint density at radius 3 is 1.00 bits per heavy atom. The Labute approximate surface area is 51.7 Å². The monoisotopic (exact) mass is 115 g/mol. The molecule has 0 bridgehead atoms. The van der Waals surface area contributed by atoms with Gasteiger partial charge in [0.15, 0.2) is 0 Å². The van der Waals surface area contributed by atoms with E-state index in [1.165, 1.54) is 0 Å². The molecule has 0 aliphatic carbocycles. The maximum atomic E-state index is 11.1. The molecular weight excluding hydrogens is 100 g/mol. The normalized spacial score (nSPS) is 14.2. The zero-order valence-corrected chi connectivity index (χ0v) is 6.41. The quantitative estimate of drug-likeness (QED) is 0.464. The average molecular weight is 115 g/mol. The second-order valence-electron chi connectivity index (χ2n) is 3.76. The van der Waals surface area contributed by atoms with Crippen LogP contribution in [0.5, 0.6) is 0 Å². The van der Waals surface area contributed by atoms with Crippen LogP contribution in [-0.2, 0) is 0 Å². The summed E-state index contributed by atoms with van der Waals surface area (Å²) in [5.41, 5.74) is -0.931. The highest BCUT2D eigenvalue weighted by atomic mass is 16.3. The van der Waals surface area contributed by atoms with Crippen LogP contribution in [-0.4, -0.2) is 5.60 Å². The molecule has 8 heavy (non-hydrogen) atoms. The van der Waals surface area contributed by atoms with Crippen molar-refractivity contribution in [2.24, 2.45) is 5.41 Å². The lowest BCUT2D eigenvalue weighted by Crippen LogP contribution is -2.48. The van der Waals surface area contributed by atoms with Crippen molar-refractivity contribution >= 4 is 0 Å². The van der Waals surface area contributed by atoms with Gasteiger partial charge in [0.2, 0.25) is 0 Å². The Morgan fingerprint density at radius 2 is 1.00 bits per heavy atom. The molecule has 0 aromatic carbocycles. The summed E-state index contributed by atoms with van der Waals surface area (Å²) in [6.45, 7) is 9.31. The smallest absolute Gasteiger partial charge is 0.0484 e. The molecule has 0 spiro atoms. The van der Waals surface area contributed by atoms with Crippen molar-refractivity contribution in [1.29, 1.82) is 0 Å². The molecule has 1 nitrogen and oxygen atoms in total. The van der Waals surface area contributed by atoms with Crippen molar-refractivity contribution in [2.75, 3.05) is 0 Å². The molecule has 0 aromatic rings. The zero-order valence-electron chi connectivity index (χ0n) is 6.41. The first-order chi connectivity index (χ1) is 3.25. The van der Waals surface area contributed by atoms with E-state index in [0.717, 1.165) is 0 Å². The summed E-state index contributed by atoms with van der Waals surface area (Å²) >= 11 is 0. The Balaban J connectivity index is 4.02. The standard InChI is InChI=1S/C7H15O/c1-6(2,3)7(4,5)8/h1-5H3/q-1. The van der Waals surface area contributed by atoms with Crippen molar-refractivity contribution in [3.8, 4) is 0 Å². The summed E-state index contributed by atoms with van der Waals surface area (Å²) in [5.74, 6) is 0. The van der Waals surface area contributed by atoms with Crippen LogP contribution < -0.4 is 5.11 Å². The molecule has 0 amide bonds. The molecule has 0 rings (SSSR count). The topological polar surface area (TPSA) is 23.1 Å². The van der Waals surface area contributed by atoms with E-state index in [2.05, 4.69) is 0 Å². The van der Waals surface area contributed by atoms with Gasteiger partial charge < -0.3 is 5.11 Å². The summed E-state index contributed by atoms with van der Waals surface area (Å²) in [5, 5.41) is 11.1. The van der Waals surface area contributed by atoms with Gasteiger partial charge in [0.25, 0.3) is 0 Å². The van der Waals surface area contributed by atoms with Crippen LogP contribution in [0, 0.1) is 5.41 Å². The summed E-state index contributed by atoms with van der Waals surface area (Å²) in [4.78, 5) is 0. The van der Waals surface area contributed by atoms with E-state index in [1.54, 1.807) is 13.8 Å². The molecule has 1 heteroatoms. The first-order valence-corrected chi connectivity index (χ1v) is 2.95. The van der Waals surface area contributed by atoms with Gasteiger partial charge in [0, 0.05) is 0 Å². The maximum Gasteiger partial charge on any atom is -0.0484 e. The van der Waals surface area contributed by atoms with Crippen molar-refractivity contribution in [3.63, 3.8) is 0 Å². The van der Waals surface area contributed by atoms with E-state index >= 15 is 0 Å². The number of hydrogen-bond donors (Lipinski definition) is 0. The summed E-state index contributed by atoms with van der Waals surface area (Å²) < 4.78 is 0. The third-order valence-electron chi connectivity index (χ3n) is 1.81. The van der Waals surface area contributed by atoms with Crippen LogP contribution in [0.25, 0.3) is 0 Å². The van der Waals surface area contributed by atoms with Gasteiger partial charge in [-0.3, -0.25) is 0 Å². The van der Waals surface area contributed by atoms with Crippen LogP contribution >= 0.6 is 0 Å². The minimum atomic E-state index is -0.812. The van der Waals surface area contributed by atoms with Gasteiger partial charge in [-0.1, -0.05) is 34.6 Å². The van der Waals surface area contributed by atoms with Crippen LogP contribution in [0.2, 0.25) is 0 Å². The Bertz CT molecular complexity index is 59.4. The molecular formula is C7H15O-. The molecule has 0 radical (unpaired) electrons. The fourth-order valence-electron chi connectivity index (χ4n) is 0. The summed E-state index contributed by atoms with van der Waals surface area (Å²) in [7, 11) is 0. The molecule has 0 unspecified atom stereocenters. The largest absolute Gasteiger partial charge is 0.849 e. The van der Waals surface area contributed by atoms with Gasteiger partial charge in [-0.15, -0.1) is 5.60 Å². The molecule has 50 valence electrons. The van der Waals surface area contributed by atoms with Gasteiger partial charge in [-0.2, -0.15) is 0 Å². The molecule has 0 N–H and O–H groups in total. The minimum absolute atomic E-state index is 0.118. The maximum absolute atomic E-state index is 11.1. The highest BCUT2D eigenvalue weighted by Gasteiger charge is 2.20. The third kappa shape index (κ3) is 1.83. The number of hydrogen-bond acceptors (Lipinski definition) is 1. The first-order valence-electron chi connectivity index (χ1n) is 2.95. The fraction of sp³-hybridized carbons (Fsp3) is 1.00. The second kappa shape index (κ2) is 1.73. The molecule has 0 aliphatic heterocycles. The van der Waals surface area contributed by atoms with Gasteiger partial charge in [0.1, 0.15) is 0 Å². The van der Waals surface area contributed by atoms with Crippen molar-refractivity contribution in [3.05, 3.63) is 0 Å².